The minimum atomic E-state index is 0.243. The summed E-state index contributed by atoms with van der Waals surface area (Å²) in [6, 6.07) is 16.4. The van der Waals surface area contributed by atoms with Gasteiger partial charge in [0, 0.05) is 35.3 Å². The Bertz CT molecular complexity index is 882. The van der Waals surface area contributed by atoms with E-state index < -0.39 is 0 Å². The van der Waals surface area contributed by atoms with E-state index in [0.29, 0.717) is 0 Å². The molecule has 0 amide bonds. The van der Waals surface area contributed by atoms with Gasteiger partial charge >= 0.3 is 0 Å². The Morgan fingerprint density at radius 3 is 2.69 bits per heavy atom. The lowest BCUT2D eigenvalue weighted by atomic mass is 10.0. The van der Waals surface area contributed by atoms with Crippen molar-refractivity contribution in [3.8, 4) is 22.9 Å². The normalized spacial score (nSPS) is 16.7. The fraction of sp³-hybridized carbons (Fsp3) is 0.300. The molecule has 2 aromatic carbocycles. The van der Waals surface area contributed by atoms with Crippen LogP contribution in [0.1, 0.15) is 24.4 Å². The molecule has 0 spiro atoms. The first-order valence-corrected chi connectivity index (χ1v) is 9.45. The van der Waals surface area contributed by atoms with Crippen LogP contribution in [0.25, 0.3) is 11.4 Å². The number of hydrogen-bond donors (Lipinski definition) is 0. The average molecular weight is 367 g/mol. The summed E-state index contributed by atoms with van der Waals surface area (Å²) in [5.74, 6) is 2.45. The van der Waals surface area contributed by atoms with Gasteiger partial charge in [0.25, 0.3) is 0 Å². The van der Waals surface area contributed by atoms with Crippen molar-refractivity contribution in [3.63, 3.8) is 0 Å². The van der Waals surface area contributed by atoms with Crippen molar-refractivity contribution in [3.05, 3.63) is 54.1 Å². The Morgan fingerprint density at radius 1 is 1.08 bits per heavy atom. The Labute approximate surface area is 157 Å². The number of ether oxygens (including phenoxy) is 2. The van der Waals surface area contributed by atoms with Crippen molar-refractivity contribution in [2.24, 2.45) is 0 Å². The summed E-state index contributed by atoms with van der Waals surface area (Å²) in [6.07, 6.45) is 2.20. The molecule has 134 valence electrons. The Balaban J connectivity index is 1.65. The van der Waals surface area contributed by atoms with E-state index in [0.717, 1.165) is 47.4 Å². The highest BCUT2D eigenvalue weighted by Crippen LogP contribution is 2.42. The maximum absolute atomic E-state index is 5.62. The van der Waals surface area contributed by atoms with E-state index in [1.807, 2.05) is 42.5 Å². The van der Waals surface area contributed by atoms with Crippen molar-refractivity contribution >= 4 is 16.7 Å². The van der Waals surface area contributed by atoms with Gasteiger partial charge in [-0.3, -0.25) is 0 Å². The lowest BCUT2D eigenvalue weighted by Gasteiger charge is -2.25. The molecule has 6 heteroatoms. The summed E-state index contributed by atoms with van der Waals surface area (Å²) in [7, 11) is 3.37. The quantitative estimate of drug-likeness (QED) is 0.661. The fourth-order valence-corrected chi connectivity index (χ4v) is 4.21. The first-order valence-electron chi connectivity index (χ1n) is 8.68. The van der Waals surface area contributed by atoms with E-state index in [1.165, 1.54) is 17.1 Å². The van der Waals surface area contributed by atoms with Crippen molar-refractivity contribution < 1.29 is 9.47 Å². The fourth-order valence-electron chi connectivity index (χ4n) is 3.45. The molecule has 4 rings (SSSR count). The predicted octanol–water partition coefficient (Wildman–Crippen LogP) is 4.56. The molecule has 0 saturated carbocycles. The second-order valence-corrected chi connectivity index (χ2v) is 6.96. The van der Waals surface area contributed by atoms with Gasteiger partial charge in [-0.15, -0.1) is 0 Å². The SMILES string of the molecule is COc1ccc(C2CCCN2c2nc(-c3ccccc3)ns2)c(OC)c1. The lowest BCUT2D eigenvalue weighted by Crippen LogP contribution is -2.22. The number of hydrogen-bond acceptors (Lipinski definition) is 6. The van der Waals surface area contributed by atoms with Gasteiger partial charge in [-0.05, 0) is 25.0 Å². The molecule has 1 aliphatic heterocycles. The van der Waals surface area contributed by atoms with Gasteiger partial charge in [0.05, 0.1) is 20.3 Å². The van der Waals surface area contributed by atoms with Crippen molar-refractivity contribution in [2.75, 3.05) is 25.7 Å². The molecule has 2 heterocycles. The Hall–Kier alpha value is -2.60. The summed E-state index contributed by atoms with van der Waals surface area (Å²) in [5.41, 5.74) is 2.22. The molecule has 26 heavy (non-hydrogen) atoms. The summed E-state index contributed by atoms with van der Waals surface area (Å²) in [6.45, 7) is 0.975. The first-order chi connectivity index (χ1) is 12.8. The highest BCUT2D eigenvalue weighted by molar-refractivity contribution is 7.09. The van der Waals surface area contributed by atoms with Crippen LogP contribution in [-0.2, 0) is 0 Å². The molecule has 1 unspecified atom stereocenters. The van der Waals surface area contributed by atoms with Crippen LogP contribution < -0.4 is 14.4 Å². The van der Waals surface area contributed by atoms with Gasteiger partial charge in [0.15, 0.2) is 5.82 Å². The number of nitrogens with zero attached hydrogens (tertiary/aromatic N) is 3. The molecule has 1 atom stereocenters. The van der Waals surface area contributed by atoms with Crippen LogP contribution in [0.4, 0.5) is 5.13 Å². The van der Waals surface area contributed by atoms with Crippen LogP contribution >= 0.6 is 11.5 Å². The maximum Gasteiger partial charge on any atom is 0.206 e. The van der Waals surface area contributed by atoms with Gasteiger partial charge in [-0.1, -0.05) is 30.3 Å². The maximum atomic E-state index is 5.62. The van der Waals surface area contributed by atoms with E-state index in [1.54, 1.807) is 14.2 Å². The second-order valence-electron chi connectivity index (χ2n) is 6.23. The molecular weight excluding hydrogens is 346 g/mol. The van der Waals surface area contributed by atoms with Gasteiger partial charge < -0.3 is 14.4 Å². The third-order valence-electron chi connectivity index (χ3n) is 4.75. The van der Waals surface area contributed by atoms with Crippen LogP contribution in [0.2, 0.25) is 0 Å². The minimum absolute atomic E-state index is 0.243. The molecule has 0 N–H and O–H groups in total. The third-order valence-corrected chi connectivity index (χ3v) is 5.50. The van der Waals surface area contributed by atoms with E-state index in [9.17, 15) is 0 Å². The molecule has 1 aromatic heterocycles. The molecular formula is C20H21N3O2S. The standard InChI is InChI=1S/C20H21N3O2S/c1-24-15-10-11-16(18(13-15)25-2)17-9-6-12-23(17)20-21-19(22-26-20)14-7-4-3-5-8-14/h3-5,7-8,10-11,13,17H,6,9,12H2,1-2H3. The largest absolute Gasteiger partial charge is 0.497 e. The van der Waals surface area contributed by atoms with Gasteiger partial charge in [0.2, 0.25) is 5.13 Å². The van der Waals surface area contributed by atoms with Gasteiger partial charge in [-0.2, -0.15) is 9.36 Å². The summed E-state index contributed by atoms with van der Waals surface area (Å²) in [5, 5.41) is 0.962. The summed E-state index contributed by atoms with van der Waals surface area (Å²) >= 11 is 1.46. The second kappa shape index (κ2) is 7.33. The first kappa shape index (κ1) is 16.8. The average Bonchev–Trinajstić information content (AvgIpc) is 3.37. The third kappa shape index (κ3) is 3.12. The zero-order chi connectivity index (χ0) is 17.9. The number of benzene rings is 2. The molecule has 5 nitrogen and oxygen atoms in total. The smallest absolute Gasteiger partial charge is 0.206 e. The number of rotatable bonds is 5. The highest BCUT2D eigenvalue weighted by Gasteiger charge is 2.31. The number of methoxy groups -OCH3 is 2. The van der Waals surface area contributed by atoms with Crippen LogP contribution in [0.15, 0.2) is 48.5 Å². The molecule has 0 radical (unpaired) electrons. The van der Waals surface area contributed by atoms with Crippen LogP contribution in [-0.4, -0.2) is 30.1 Å². The van der Waals surface area contributed by atoms with E-state index in [4.69, 9.17) is 14.5 Å². The molecule has 0 aliphatic carbocycles. The highest BCUT2D eigenvalue weighted by atomic mass is 32.1. The Morgan fingerprint density at radius 2 is 1.92 bits per heavy atom. The summed E-state index contributed by atoms with van der Waals surface area (Å²) in [4.78, 5) is 7.14. The van der Waals surface area contributed by atoms with Gasteiger partial charge in [-0.25, -0.2) is 0 Å². The van der Waals surface area contributed by atoms with Gasteiger partial charge in [0.1, 0.15) is 11.5 Å². The van der Waals surface area contributed by atoms with Crippen molar-refractivity contribution in [1.29, 1.82) is 0 Å². The van der Waals surface area contributed by atoms with Crippen molar-refractivity contribution in [2.45, 2.75) is 18.9 Å². The Kier molecular flexibility index (Phi) is 4.75. The minimum Gasteiger partial charge on any atom is -0.497 e. The number of aromatic nitrogens is 2. The van der Waals surface area contributed by atoms with E-state index in [-0.39, 0.29) is 6.04 Å². The monoisotopic (exact) mass is 367 g/mol. The number of anilines is 1. The van der Waals surface area contributed by atoms with Crippen LogP contribution in [0.3, 0.4) is 0 Å². The topological polar surface area (TPSA) is 47.5 Å². The van der Waals surface area contributed by atoms with Crippen LogP contribution in [0, 0.1) is 0 Å². The van der Waals surface area contributed by atoms with Crippen LogP contribution in [0.5, 0.6) is 11.5 Å². The molecule has 0 bridgehead atoms. The van der Waals surface area contributed by atoms with Crippen molar-refractivity contribution in [1.82, 2.24) is 9.36 Å². The van der Waals surface area contributed by atoms with E-state index in [2.05, 4.69) is 15.3 Å². The molecule has 1 fully saturated rings. The molecule has 3 aromatic rings. The zero-order valence-electron chi connectivity index (χ0n) is 14.9. The zero-order valence-corrected chi connectivity index (χ0v) is 15.7. The lowest BCUT2D eigenvalue weighted by molar-refractivity contribution is 0.388. The molecule has 1 aliphatic rings. The molecule has 1 saturated heterocycles. The summed E-state index contributed by atoms with van der Waals surface area (Å²) < 4.78 is 15.5. The van der Waals surface area contributed by atoms with E-state index >= 15 is 0 Å². The predicted molar refractivity (Wildman–Crippen MR) is 104 cm³/mol.